The number of carbonyl (C=O) groups excluding carboxylic acids is 2. The van der Waals surface area contributed by atoms with Crippen molar-refractivity contribution in [2.45, 2.75) is 96.9 Å². The topological polar surface area (TPSA) is 52.6 Å². The minimum absolute atomic E-state index is 0.0642. The lowest BCUT2D eigenvalue weighted by Crippen LogP contribution is -2.60. The molecule has 2 aliphatic heterocycles. The molecule has 8 unspecified atom stereocenters. The van der Waals surface area contributed by atoms with Crippen LogP contribution in [0, 0.1) is 28.6 Å². The molecule has 6 aliphatic rings. The van der Waals surface area contributed by atoms with Crippen LogP contribution >= 0.6 is 0 Å². The van der Waals surface area contributed by atoms with E-state index in [0.29, 0.717) is 30.0 Å². The smallest absolute Gasteiger partial charge is 0.334 e. The number of Topliss-reactive ketones (excluding diaryl/α,β-unsaturated/α-hetero) is 1. The van der Waals surface area contributed by atoms with Crippen molar-refractivity contribution in [3.05, 3.63) is 34.9 Å². The van der Waals surface area contributed by atoms with Crippen molar-refractivity contribution in [1.29, 1.82) is 0 Å². The number of hydrogen-bond donors (Lipinski definition) is 0. The van der Waals surface area contributed by atoms with E-state index in [1.807, 2.05) is 13.0 Å². The van der Waals surface area contributed by atoms with Crippen LogP contribution in [0.15, 0.2) is 34.9 Å². The number of carbonyl (C=O) groups is 2. The molecule has 172 valence electrons. The first-order chi connectivity index (χ1) is 15.1. The second kappa shape index (κ2) is 6.25. The number of ketones is 1. The van der Waals surface area contributed by atoms with Crippen molar-refractivity contribution < 1.29 is 19.1 Å². The van der Waals surface area contributed by atoms with Crippen molar-refractivity contribution in [2.24, 2.45) is 28.6 Å². The maximum Gasteiger partial charge on any atom is 0.334 e. The maximum atomic E-state index is 13.3. The van der Waals surface area contributed by atoms with E-state index in [9.17, 15) is 9.59 Å². The average molecular weight is 437 g/mol. The van der Waals surface area contributed by atoms with Gasteiger partial charge < -0.3 is 9.47 Å². The quantitative estimate of drug-likeness (QED) is 0.511. The highest BCUT2D eigenvalue weighted by Gasteiger charge is 2.77. The van der Waals surface area contributed by atoms with Crippen LogP contribution in [0.4, 0.5) is 0 Å². The van der Waals surface area contributed by atoms with Gasteiger partial charge in [0, 0.05) is 23.8 Å². The largest absolute Gasteiger partial charge is 0.456 e. The van der Waals surface area contributed by atoms with Gasteiger partial charge in [-0.2, -0.15) is 0 Å². The van der Waals surface area contributed by atoms with Crippen LogP contribution < -0.4 is 0 Å². The van der Waals surface area contributed by atoms with Gasteiger partial charge in [0.2, 0.25) is 0 Å². The summed E-state index contributed by atoms with van der Waals surface area (Å²) in [6.07, 6.45) is 13.0. The molecule has 0 aromatic carbocycles. The Labute approximate surface area is 191 Å². The molecule has 8 atom stereocenters. The Morgan fingerprint density at radius 2 is 1.81 bits per heavy atom. The number of hydrogen-bond acceptors (Lipinski definition) is 4. The van der Waals surface area contributed by atoms with Gasteiger partial charge in [0.05, 0.1) is 11.0 Å². The lowest BCUT2D eigenvalue weighted by Gasteiger charge is -2.59. The zero-order chi connectivity index (χ0) is 22.7. The van der Waals surface area contributed by atoms with Gasteiger partial charge in [0.15, 0.2) is 0 Å². The molecule has 0 aromatic heterocycles. The molecule has 0 amide bonds. The summed E-state index contributed by atoms with van der Waals surface area (Å²) in [7, 11) is 0. The number of rotatable bonds is 1. The molecule has 2 bridgehead atoms. The Balaban J connectivity index is 1.42. The van der Waals surface area contributed by atoms with Gasteiger partial charge in [-0.25, -0.2) is 4.79 Å². The molecule has 4 heteroatoms. The normalized spacial score (nSPS) is 51.7. The van der Waals surface area contributed by atoms with E-state index in [1.54, 1.807) is 0 Å². The molecule has 4 aliphatic carbocycles. The second-order valence-electron chi connectivity index (χ2n) is 12.1. The molecular formula is C28H36O4. The third-order valence-electron chi connectivity index (χ3n) is 11.1. The number of cyclic esters (lactones) is 1. The molecule has 0 N–H and O–H groups in total. The SMILES string of the molecule is CC1=C(C)C(=O)OC(C2(C)OC34CCC2C3(C)CCC2C4CC=C3C=CCC(=O)C32C)C1. The van der Waals surface area contributed by atoms with Crippen molar-refractivity contribution in [1.82, 2.24) is 0 Å². The van der Waals surface area contributed by atoms with Gasteiger partial charge in [-0.05, 0) is 83.1 Å². The van der Waals surface area contributed by atoms with Crippen molar-refractivity contribution in [3.63, 3.8) is 0 Å². The highest BCUT2D eigenvalue weighted by atomic mass is 16.6. The molecule has 4 nitrogen and oxygen atoms in total. The van der Waals surface area contributed by atoms with Crippen LogP contribution in [0.2, 0.25) is 0 Å². The number of ether oxygens (including phenoxy) is 2. The summed E-state index contributed by atoms with van der Waals surface area (Å²) in [5.74, 6) is 1.22. The lowest BCUT2D eigenvalue weighted by atomic mass is 9.46. The molecule has 6 rings (SSSR count). The summed E-state index contributed by atoms with van der Waals surface area (Å²) in [4.78, 5) is 25.9. The molecule has 2 heterocycles. The van der Waals surface area contributed by atoms with Crippen LogP contribution in [0.3, 0.4) is 0 Å². The molecule has 32 heavy (non-hydrogen) atoms. The maximum absolute atomic E-state index is 13.3. The lowest BCUT2D eigenvalue weighted by molar-refractivity contribution is -0.231. The molecule has 0 aromatic rings. The van der Waals surface area contributed by atoms with Crippen molar-refractivity contribution >= 4 is 11.8 Å². The zero-order valence-electron chi connectivity index (χ0n) is 20.1. The highest BCUT2D eigenvalue weighted by molar-refractivity contribution is 5.92. The van der Waals surface area contributed by atoms with E-state index in [0.717, 1.165) is 49.7 Å². The Morgan fingerprint density at radius 3 is 2.56 bits per heavy atom. The van der Waals surface area contributed by atoms with Gasteiger partial charge in [-0.1, -0.05) is 30.7 Å². The highest BCUT2D eigenvalue weighted by Crippen LogP contribution is 2.75. The summed E-state index contributed by atoms with van der Waals surface area (Å²) in [6.45, 7) is 10.8. The predicted molar refractivity (Wildman–Crippen MR) is 122 cm³/mol. The number of esters is 1. The Hall–Kier alpha value is -1.68. The summed E-state index contributed by atoms with van der Waals surface area (Å²) >= 11 is 0. The molecule has 3 fully saturated rings. The van der Waals surface area contributed by atoms with Crippen molar-refractivity contribution in [3.8, 4) is 0 Å². The van der Waals surface area contributed by atoms with Crippen LogP contribution in [0.1, 0.15) is 79.6 Å². The van der Waals surface area contributed by atoms with E-state index in [-0.39, 0.29) is 28.5 Å². The minimum atomic E-state index is -0.471. The van der Waals surface area contributed by atoms with Crippen LogP contribution in [0.5, 0.6) is 0 Å². The van der Waals surface area contributed by atoms with Gasteiger partial charge in [0.25, 0.3) is 0 Å². The number of fused-ring (bicyclic) bond motifs is 3. The van der Waals surface area contributed by atoms with Gasteiger partial charge in [0.1, 0.15) is 17.5 Å². The fourth-order valence-electron chi connectivity index (χ4n) is 9.17. The fraction of sp³-hybridized carbons (Fsp3) is 0.714. The van der Waals surface area contributed by atoms with Gasteiger partial charge >= 0.3 is 5.97 Å². The van der Waals surface area contributed by atoms with E-state index >= 15 is 0 Å². The summed E-state index contributed by atoms with van der Waals surface area (Å²) in [5, 5.41) is 0. The summed E-state index contributed by atoms with van der Waals surface area (Å²) < 4.78 is 13.3. The standard InChI is InChI=1S/C28H36O4/c1-16-15-23(31-24(30)17(16)2)27(5)21-12-14-28(32-27)20-10-9-18-7-6-8-22(29)26(18,4)19(20)11-13-25(21,28)3/h6-7,9,19-21,23H,8,10-15H2,1-5H3. The molecule has 1 saturated heterocycles. The first-order valence-corrected chi connectivity index (χ1v) is 12.6. The van der Waals surface area contributed by atoms with Crippen LogP contribution in [0.25, 0.3) is 0 Å². The summed E-state index contributed by atoms with van der Waals surface area (Å²) in [5.41, 5.74) is 2.06. The van der Waals surface area contributed by atoms with E-state index in [2.05, 4.69) is 39.8 Å². The summed E-state index contributed by atoms with van der Waals surface area (Å²) in [6, 6.07) is 0. The number of allylic oxidation sites excluding steroid dienone is 4. The van der Waals surface area contributed by atoms with Crippen LogP contribution in [-0.4, -0.2) is 29.1 Å². The molecule has 0 radical (unpaired) electrons. The average Bonchev–Trinajstić information content (AvgIpc) is 3.16. The third-order valence-corrected chi connectivity index (χ3v) is 11.1. The molecular weight excluding hydrogens is 400 g/mol. The Bertz CT molecular complexity index is 1020. The van der Waals surface area contributed by atoms with Gasteiger partial charge in [-0.15, -0.1) is 0 Å². The second-order valence-corrected chi connectivity index (χ2v) is 12.1. The zero-order valence-corrected chi connectivity index (χ0v) is 20.1. The monoisotopic (exact) mass is 436 g/mol. The Kier molecular flexibility index (Phi) is 4.08. The van der Waals surface area contributed by atoms with Gasteiger partial charge in [-0.3, -0.25) is 4.79 Å². The third kappa shape index (κ3) is 2.19. The van der Waals surface area contributed by atoms with E-state index < -0.39 is 5.60 Å². The van der Waals surface area contributed by atoms with E-state index in [4.69, 9.17) is 9.47 Å². The van der Waals surface area contributed by atoms with E-state index in [1.165, 1.54) is 5.57 Å². The first-order valence-electron chi connectivity index (χ1n) is 12.6. The molecule has 2 saturated carbocycles. The Morgan fingerprint density at radius 1 is 1.03 bits per heavy atom. The molecule has 0 spiro atoms. The predicted octanol–water partition coefficient (Wildman–Crippen LogP) is 5.47. The first kappa shape index (κ1) is 20.9. The fourth-order valence-corrected chi connectivity index (χ4v) is 9.17. The minimum Gasteiger partial charge on any atom is -0.456 e. The van der Waals surface area contributed by atoms with Crippen molar-refractivity contribution in [2.75, 3.05) is 0 Å². The van der Waals surface area contributed by atoms with Crippen LogP contribution in [-0.2, 0) is 19.1 Å².